The van der Waals surface area contributed by atoms with Crippen LogP contribution in [0.2, 0.25) is 0 Å². The topological polar surface area (TPSA) is 52.3 Å². The van der Waals surface area contributed by atoms with Gasteiger partial charge in [-0.25, -0.2) is 0 Å². The van der Waals surface area contributed by atoms with E-state index in [4.69, 9.17) is 5.73 Å². The van der Waals surface area contributed by atoms with Gasteiger partial charge in [-0.05, 0) is 45.4 Å². The van der Waals surface area contributed by atoms with Gasteiger partial charge in [0.05, 0.1) is 0 Å². The molecule has 0 saturated heterocycles. The first-order valence-corrected chi connectivity index (χ1v) is 6.15. The Morgan fingerprint density at radius 1 is 1.31 bits per heavy atom. The molecule has 1 aliphatic carbocycles. The minimum atomic E-state index is -0.318. The van der Waals surface area contributed by atoms with Gasteiger partial charge in [-0.2, -0.15) is 0 Å². The van der Waals surface area contributed by atoms with Gasteiger partial charge in [0.25, 0.3) is 6.47 Å². The van der Waals surface area contributed by atoms with Crippen molar-refractivity contribution < 1.29 is 9.53 Å². The molecule has 96 valence electrons. The summed E-state index contributed by atoms with van der Waals surface area (Å²) in [4.78, 5) is 9.60. The monoisotopic (exact) mass is 229 g/mol. The number of rotatable bonds is 2. The Morgan fingerprint density at radius 2 is 1.88 bits per heavy atom. The summed E-state index contributed by atoms with van der Waals surface area (Å²) in [5.74, 6) is 1.60. The van der Waals surface area contributed by atoms with Crippen LogP contribution in [0.5, 0.6) is 0 Å². The van der Waals surface area contributed by atoms with E-state index in [-0.39, 0.29) is 5.60 Å². The molecule has 0 amide bonds. The van der Waals surface area contributed by atoms with Crippen LogP contribution in [-0.4, -0.2) is 18.1 Å². The molecule has 1 aliphatic rings. The molecule has 1 saturated carbocycles. The summed E-state index contributed by atoms with van der Waals surface area (Å²) < 4.78 is 4.55. The van der Waals surface area contributed by atoms with Crippen molar-refractivity contribution in [1.82, 2.24) is 0 Å². The molecule has 0 aromatic carbocycles. The van der Waals surface area contributed by atoms with Crippen LogP contribution in [0, 0.1) is 11.8 Å². The molecule has 2 atom stereocenters. The highest BCUT2D eigenvalue weighted by Crippen LogP contribution is 2.29. The predicted octanol–water partition coefficient (Wildman–Crippen LogP) is 2.73. The second-order valence-electron chi connectivity index (χ2n) is 5.83. The molecule has 2 unspecified atom stereocenters. The predicted molar refractivity (Wildman–Crippen MR) is 67.1 cm³/mol. The van der Waals surface area contributed by atoms with Gasteiger partial charge in [0.2, 0.25) is 0 Å². The zero-order valence-electron chi connectivity index (χ0n) is 11.3. The molecule has 3 nitrogen and oxygen atoms in total. The third-order valence-electron chi connectivity index (χ3n) is 2.88. The lowest BCUT2D eigenvalue weighted by molar-refractivity contribution is -0.138. The Labute approximate surface area is 99.7 Å². The average molecular weight is 229 g/mol. The van der Waals surface area contributed by atoms with Crippen molar-refractivity contribution in [3.05, 3.63) is 0 Å². The number of ether oxygens (including phenoxy) is 1. The van der Waals surface area contributed by atoms with Crippen molar-refractivity contribution in [3.63, 3.8) is 0 Å². The molecule has 2 N–H and O–H groups in total. The number of hydrogen-bond donors (Lipinski definition) is 1. The van der Waals surface area contributed by atoms with E-state index in [0.29, 0.717) is 12.5 Å². The van der Waals surface area contributed by atoms with E-state index in [9.17, 15) is 4.79 Å². The minimum Gasteiger partial charge on any atom is -0.462 e. The van der Waals surface area contributed by atoms with Gasteiger partial charge < -0.3 is 10.5 Å². The fourth-order valence-electron chi connectivity index (χ4n) is 1.99. The van der Waals surface area contributed by atoms with Crippen molar-refractivity contribution in [2.45, 2.75) is 65.5 Å². The van der Waals surface area contributed by atoms with Crippen molar-refractivity contribution >= 4 is 6.47 Å². The number of nitrogens with two attached hydrogens (primary N) is 1. The van der Waals surface area contributed by atoms with Gasteiger partial charge >= 0.3 is 0 Å². The summed E-state index contributed by atoms with van der Waals surface area (Å²) in [7, 11) is 0. The van der Waals surface area contributed by atoms with Crippen LogP contribution < -0.4 is 5.73 Å². The van der Waals surface area contributed by atoms with Gasteiger partial charge in [-0.1, -0.05) is 20.3 Å². The second kappa shape index (κ2) is 6.89. The smallest absolute Gasteiger partial charge is 0.293 e. The highest BCUT2D eigenvalue weighted by molar-refractivity contribution is 5.37. The van der Waals surface area contributed by atoms with Gasteiger partial charge in [-0.15, -0.1) is 0 Å². The first kappa shape index (κ1) is 15.4. The molecule has 0 aliphatic heterocycles. The van der Waals surface area contributed by atoms with Crippen LogP contribution in [0.1, 0.15) is 53.9 Å². The first-order chi connectivity index (χ1) is 7.28. The zero-order valence-corrected chi connectivity index (χ0v) is 11.3. The molecule has 0 bridgehead atoms. The lowest BCUT2D eigenvalue weighted by Crippen LogP contribution is -2.27. The molecule has 1 fully saturated rings. The molecule has 1 rings (SSSR count). The first-order valence-electron chi connectivity index (χ1n) is 6.15. The molecule has 16 heavy (non-hydrogen) atoms. The summed E-state index contributed by atoms with van der Waals surface area (Å²) in [6.07, 6.45) is 3.96. The Balaban J connectivity index is 0.000000293. The van der Waals surface area contributed by atoms with Crippen LogP contribution in [0.3, 0.4) is 0 Å². The van der Waals surface area contributed by atoms with Crippen LogP contribution >= 0.6 is 0 Å². The zero-order chi connectivity index (χ0) is 12.8. The van der Waals surface area contributed by atoms with Crippen LogP contribution in [0.25, 0.3) is 0 Å². The van der Waals surface area contributed by atoms with Crippen LogP contribution in [-0.2, 0) is 9.53 Å². The van der Waals surface area contributed by atoms with Crippen molar-refractivity contribution in [2.24, 2.45) is 17.6 Å². The summed E-state index contributed by atoms with van der Waals surface area (Å²) in [6, 6.07) is 0.505. The molecule has 0 aromatic rings. The summed E-state index contributed by atoms with van der Waals surface area (Å²) in [6.45, 7) is 10.5. The Hall–Kier alpha value is -0.570. The van der Waals surface area contributed by atoms with Crippen LogP contribution in [0.15, 0.2) is 0 Å². The molecule has 0 radical (unpaired) electrons. The van der Waals surface area contributed by atoms with E-state index < -0.39 is 0 Å². The molecule has 0 aromatic heterocycles. The van der Waals surface area contributed by atoms with Crippen LogP contribution in [0.4, 0.5) is 0 Å². The van der Waals surface area contributed by atoms with E-state index in [1.165, 1.54) is 19.3 Å². The van der Waals surface area contributed by atoms with Gasteiger partial charge in [-0.3, -0.25) is 4.79 Å². The largest absolute Gasteiger partial charge is 0.462 e. The Kier molecular flexibility index (Phi) is 6.65. The van der Waals surface area contributed by atoms with Crippen molar-refractivity contribution in [3.8, 4) is 0 Å². The fraction of sp³-hybridized carbons (Fsp3) is 0.923. The standard InChI is InChI=1S/C8H17N.C5H10O2/c1-6(2)7-4-3-5-8(7)9;1-5(2,3)7-4-6/h6-8H,3-5,9H2,1-2H3;4H,1-3H3. The Morgan fingerprint density at radius 3 is 2.00 bits per heavy atom. The normalized spacial score (nSPS) is 24.9. The lowest BCUT2D eigenvalue weighted by Gasteiger charge is -2.18. The summed E-state index contributed by atoms with van der Waals surface area (Å²) in [5.41, 5.74) is 5.56. The van der Waals surface area contributed by atoms with Crippen molar-refractivity contribution in [1.29, 1.82) is 0 Å². The van der Waals surface area contributed by atoms with E-state index in [1.807, 2.05) is 20.8 Å². The van der Waals surface area contributed by atoms with E-state index in [2.05, 4.69) is 18.6 Å². The maximum atomic E-state index is 9.60. The maximum absolute atomic E-state index is 9.60. The highest BCUT2D eigenvalue weighted by Gasteiger charge is 2.25. The van der Waals surface area contributed by atoms with Gasteiger partial charge in [0.1, 0.15) is 5.60 Å². The average Bonchev–Trinajstić information content (AvgIpc) is 2.50. The number of carbonyl (C=O) groups is 1. The SMILES string of the molecule is CC(C)(C)OC=O.CC(C)C1CCCC1N. The molecule has 3 heteroatoms. The number of carbonyl (C=O) groups excluding carboxylic acids is 1. The molecule has 0 spiro atoms. The summed E-state index contributed by atoms with van der Waals surface area (Å²) in [5, 5.41) is 0. The maximum Gasteiger partial charge on any atom is 0.293 e. The van der Waals surface area contributed by atoms with Crippen molar-refractivity contribution in [2.75, 3.05) is 0 Å². The second-order valence-corrected chi connectivity index (χ2v) is 5.83. The Bertz CT molecular complexity index is 197. The third-order valence-corrected chi connectivity index (χ3v) is 2.88. The lowest BCUT2D eigenvalue weighted by atomic mass is 9.92. The highest BCUT2D eigenvalue weighted by atomic mass is 16.5. The third kappa shape index (κ3) is 6.83. The summed E-state index contributed by atoms with van der Waals surface area (Å²) >= 11 is 0. The van der Waals surface area contributed by atoms with E-state index >= 15 is 0 Å². The molecule has 0 heterocycles. The fourth-order valence-corrected chi connectivity index (χ4v) is 1.99. The molecular weight excluding hydrogens is 202 g/mol. The van der Waals surface area contributed by atoms with E-state index in [1.54, 1.807) is 0 Å². The van der Waals surface area contributed by atoms with Gasteiger partial charge in [0.15, 0.2) is 0 Å². The molecular formula is C13H27NO2. The van der Waals surface area contributed by atoms with E-state index in [0.717, 1.165) is 11.8 Å². The quantitative estimate of drug-likeness (QED) is 0.741. The minimum absolute atomic E-state index is 0.318. The number of hydrogen-bond acceptors (Lipinski definition) is 3. The van der Waals surface area contributed by atoms with Gasteiger partial charge in [0, 0.05) is 6.04 Å².